The molecule has 17 heavy (non-hydrogen) atoms. The van der Waals surface area contributed by atoms with Gasteiger partial charge in [0.15, 0.2) is 5.03 Å². The lowest BCUT2D eigenvalue weighted by Crippen LogP contribution is -2.23. The maximum atomic E-state index is 9.27. The normalized spacial score (nSPS) is 8.94. The van der Waals surface area contributed by atoms with Crippen LogP contribution in [0, 0.1) is 10.1 Å². The first-order valence-corrected chi connectivity index (χ1v) is 4.63. The number of benzene rings is 1. The van der Waals surface area contributed by atoms with Crippen molar-refractivity contribution in [2.45, 2.75) is 0 Å². The Kier molecular flexibility index (Phi) is 4.37. The predicted octanol–water partition coefficient (Wildman–Crippen LogP) is 0.686. The Hall–Kier alpha value is -2.70. The highest BCUT2D eigenvalue weighted by Crippen LogP contribution is 2.07. The van der Waals surface area contributed by atoms with Gasteiger partial charge in [-0.3, -0.25) is 4.98 Å². The van der Waals surface area contributed by atoms with E-state index in [1.165, 1.54) is 5.39 Å². The van der Waals surface area contributed by atoms with Crippen LogP contribution in [0.5, 0.6) is 0 Å². The monoisotopic (exact) mass is 233 g/mol. The van der Waals surface area contributed by atoms with Crippen molar-refractivity contribution in [2.24, 2.45) is 16.6 Å². The van der Waals surface area contributed by atoms with Gasteiger partial charge in [-0.2, -0.15) is 0 Å². The fraction of sp³-hybridized carbons (Fsp3) is 0. The summed E-state index contributed by atoms with van der Waals surface area (Å²) in [5.74, 6) is -0.537. The fourth-order valence-corrected chi connectivity index (χ4v) is 1.11. The van der Waals surface area contributed by atoms with Crippen LogP contribution in [0.2, 0.25) is 0 Å². The van der Waals surface area contributed by atoms with Crippen LogP contribution in [0.4, 0.5) is 0 Å². The predicted molar refractivity (Wildman–Crippen MR) is 64.5 cm³/mol. The molecule has 0 fully saturated rings. The van der Waals surface area contributed by atoms with Gasteiger partial charge in [0.2, 0.25) is 0 Å². The lowest BCUT2D eigenvalue weighted by molar-refractivity contribution is -0.485. The van der Waals surface area contributed by atoms with Gasteiger partial charge in [0, 0.05) is 11.6 Å². The van der Waals surface area contributed by atoms with Crippen LogP contribution in [-0.4, -0.2) is 16.0 Å². The molecule has 0 amide bonds. The molecule has 0 saturated heterocycles. The third kappa shape index (κ3) is 4.56. The van der Waals surface area contributed by atoms with Crippen LogP contribution in [-0.2, 0) is 0 Å². The largest absolute Gasteiger partial charge is 0.365 e. The van der Waals surface area contributed by atoms with E-state index in [1.807, 2.05) is 30.5 Å². The van der Waals surface area contributed by atoms with E-state index in [0.29, 0.717) is 0 Å². The van der Waals surface area contributed by atoms with Gasteiger partial charge in [0.1, 0.15) is 0 Å². The number of rotatable bonds is 1. The average molecular weight is 233 g/mol. The summed E-state index contributed by atoms with van der Waals surface area (Å²) in [5, 5.41) is 12.0. The van der Waals surface area contributed by atoms with Gasteiger partial charge in [-0.1, -0.05) is 24.3 Å². The molecule has 0 bridgehead atoms. The molecule has 2 rings (SSSR count). The number of aromatic nitrogens is 1. The van der Waals surface area contributed by atoms with Crippen molar-refractivity contribution in [3.05, 3.63) is 52.7 Å². The molecule has 0 spiro atoms. The summed E-state index contributed by atoms with van der Waals surface area (Å²) in [6.07, 6.45) is 1.81. The maximum Gasteiger partial charge on any atom is 0.263 e. The van der Waals surface area contributed by atoms with Crippen molar-refractivity contribution < 1.29 is 5.03 Å². The van der Waals surface area contributed by atoms with Crippen molar-refractivity contribution in [1.29, 1.82) is 0 Å². The highest BCUT2D eigenvalue weighted by molar-refractivity contribution is 5.77. The molecule has 0 radical (unpaired) electrons. The number of para-hydroxylation sites is 1. The molecule has 1 aromatic heterocycles. The summed E-state index contributed by atoms with van der Waals surface area (Å²) < 4.78 is 0. The summed E-state index contributed by atoms with van der Waals surface area (Å²) in [7, 11) is 0. The number of nitro groups is 1. The van der Waals surface area contributed by atoms with Crippen LogP contribution in [0.15, 0.2) is 47.7 Å². The molecule has 0 unspecified atom stereocenters. The van der Waals surface area contributed by atoms with Gasteiger partial charge in [-0.25, -0.2) is 10.1 Å². The lowest BCUT2D eigenvalue weighted by Gasteiger charge is -1.91. The van der Waals surface area contributed by atoms with Gasteiger partial charge in [-0.05, 0) is 12.1 Å². The summed E-state index contributed by atoms with van der Waals surface area (Å²) in [6.45, 7) is 0. The minimum absolute atomic E-state index is 0.537. The van der Waals surface area contributed by atoms with Crippen LogP contribution < -0.4 is 11.5 Å². The first-order valence-electron chi connectivity index (χ1n) is 4.63. The smallest absolute Gasteiger partial charge is 0.263 e. The number of nitrogens with zero attached hydrogens (tertiary/aromatic N) is 3. The number of fused-ring (bicyclic) bond motifs is 1. The van der Waals surface area contributed by atoms with Gasteiger partial charge in [0.05, 0.1) is 10.6 Å². The number of nitrogens with two attached hydrogens (primary N) is 2. The van der Waals surface area contributed by atoms with E-state index < -0.39 is 11.0 Å². The minimum Gasteiger partial charge on any atom is -0.365 e. The van der Waals surface area contributed by atoms with E-state index in [9.17, 15) is 10.1 Å². The van der Waals surface area contributed by atoms with Crippen LogP contribution in [0.25, 0.3) is 10.9 Å². The molecule has 4 N–H and O–H groups in total. The maximum absolute atomic E-state index is 9.27. The average Bonchev–Trinajstić information content (AvgIpc) is 2.28. The Balaban J connectivity index is 0.000000185. The Morgan fingerprint density at radius 1 is 1.24 bits per heavy atom. The third-order valence-corrected chi connectivity index (χ3v) is 1.71. The quantitative estimate of drug-likeness (QED) is 0.325. The second-order valence-corrected chi connectivity index (χ2v) is 2.96. The molecular formula is C10H11N5O2. The standard InChI is InChI=1S/C9H7N.CH4N4O2/c1-2-6-9-8(4-1)5-3-7-10-9;2-1(3)4-5(6)7/h1-7H;(H4,2,3,4). The Morgan fingerprint density at radius 2 is 1.88 bits per heavy atom. The second kappa shape index (κ2) is 6.01. The first kappa shape index (κ1) is 12.4. The van der Waals surface area contributed by atoms with Gasteiger partial charge in [-0.15, -0.1) is 0 Å². The van der Waals surface area contributed by atoms with Crippen molar-refractivity contribution in [1.82, 2.24) is 4.98 Å². The van der Waals surface area contributed by atoms with E-state index in [2.05, 4.69) is 33.7 Å². The summed E-state index contributed by atoms with van der Waals surface area (Å²) in [4.78, 5) is 13.4. The van der Waals surface area contributed by atoms with Crippen LogP contribution in [0.1, 0.15) is 0 Å². The molecule has 2 aromatic rings. The van der Waals surface area contributed by atoms with E-state index in [1.54, 1.807) is 0 Å². The summed E-state index contributed by atoms with van der Waals surface area (Å²) >= 11 is 0. The van der Waals surface area contributed by atoms with Crippen molar-refractivity contribution >= 4 is 16.9 Å². The van der Waals surface area contributed by atoms with E-state index >= 15 is 0 Å². The van der Waals surface area contributed by atoms with Gasteiger partial charge in [0.25, 0.3) is 5.96 Å². The Morgan fingerprint density at radius 3 is 2.41 bits per heavy atom. The Labute approximate surface area is 96.9 Å². The van der Waals surface area contributed by atoms with E-state index in [0.717, 1.165) is 5.52 Å². The fourth-order valence-electron chi connectivity index (χ4n) is 1.11. The summed E-state index contributed by atoms with van der Waals surface area (Å²) in [6, 6.07) is 12.1. The minimum atomic E-state index is -0.963. The van der Waals surface area contributed by atoms with Crippen molar-refractivity contribution in [3.8, 4) is 0 Å². The molecule has 1 aromatic carbocycles. The number of pyridine rings is 1. The highest BCUT2D eigenvalue weighted by Gasteiger charge is 1.87. The molecule has 1 heterocycles. The van der Waals surface area contributed by atoms with Crippen LogP contribution >= 0.6 is 0 Å². The number of hydrazone groups is 1. The zero-order valence-electron chi connectivity index (χ0n) is 8.85. The Bertz CT molecular complexity index is 471. The highest BCUT2D eigenvalue weighted by atomic mass is 16.7. The van der Waals surface area contributed by atoms with Crippen LogP contribution in [0.3, 0.4) is 0 Å². The number of hydrogen-bond acceptors (Lipinski definition) is 3. The van der Waals surface area contributed by atoms with Gasteiger partial charge < -0.3 is 11.5 Å². The molecule has 0 aliphatic carbocycles. The zero-order valence-corrected chi connectivity index (χ0v) is 8.85. The SMILES string of the molecule is NC(N)=N[N+](=O)[O-].c1ccc2ncccc2c1. The van der Waals surface area contributed by atoms with Crippen molar-refractivity contribution in [2.75, 3.05) is 0 Å². The first-order chi connectivity index (χ1) is 8.09. The third-order valence-electron chi connectivity index (χ3n) is 1.71. The van der Waals surface area contributed by atoms with E-state index in [-0.39, 0.29) is 0 Å². The molecule has 0 saturated carbocycles. The van der Waals surface area contributed by atoms with E-state index in [4.69, 9.17) is 0 Å². The summed E-state index contributed by atoms with van der Waals surface area (Å²) in [5.41, 5.74) is 10.2. The second-order valence-electron chi connectivity index (χ2n) is 2.96. The molecule has 88 valence electrons. The molecule has 0 atom stereocenters. The molecule has 0 aliphatic rings. The molecular weight excluding hydrogens is 222 g/mol. The lowest BCUT2D eigenvalue weighted by atomic mass is 10.2. The number of guanidine groups is 1. The molecule has 7 nitrogen and oxygen atoms in total. The van der Waals surface area contributed by atoms with Gasteiger partial charge >= 0.3 is 0 Å². The number of hydrogen-bond donors (Lipinski definition) is 2. The zero-order chi connectivity index (χ0) is 12.7. The molecule has 0 aliphatic heterocycles. The molecule has 7 heteroatoms. The topological polar surface area (TPSA) is 120 Å². The van der Waals surface area contributed by atoms with Crippen molar-refractivity contribution in [3.63, 3.8) is 0 Å².